The molecule has 1 aliphatic heterocycles. The van der Waals surface area contributed by atoms with Crippen LogP contribution in [0.3, 0.4) is 0 Å². The number of aliphatic carboxylic acids is 1. The van der Waals surface area contributed by atoms with Gasteiger partial charge in [0.1, 0.15) is 0 Å². The van der Waals surface area contributed by atoms with Crippen LogP contribution in [-0.2, 0) is 9.59 Å². The van der Waals surface area contributed by atoms with Crippen LogP contribution in [0.1, 0.15) is 32.6 Å². The highest BCUT2D eigenvalue weighted by atomic mass is 16.4. The molecule has 2 fully saturated rings. The zero-order chi connectivity index (χ0) is 14.8. The Morgan fingerprint density at radius 3 is 2.15 bits per heavy atom. The van der Waals surface area contributed by atoms with Crippen LogP contribution in [0.5, 0.6) is 0 Å². The molecular weight excluding hydrogens is 260 g/mol. The van der Waals surface area contributed by atoms with Crippen LogP contribution in [0.25, 0.3) is 0 Å². The Labute approximate surface area is 119 Å². The molecule has 1 heterocycles. The molecule has 114 valence electrons. The van der Waals surface area contributed by atoms with Crippen molar-refractivity contribution in [3.05, 3.63) is 0 Å². The highest BCUT2D eigenvalue weighted by Gasteiger charge is 2.37. The summed E-state index contributed by atoms with van der Waals surface area (Å²) in [5.41, 5.74) is -0.760. The van der Waals surface area contributed by atoms with E-state index in [4.69, 9.17) is 5.11 Å². The van der Waals surface area contributed by atoms with E-state index in [-0.39, 0.29) is 11.8 Å². The number of carboxylic acid groups (broad SMARTS) is 1. The average molecular weight is 284 g/mol. The predicted molar refractivity (Wildman–Crippen MR) is 73.2 cm³/mol. The molecular formula is C14H24N2O4. The van der Waals surface area contributed by atoms with Crippen LogP contribution < -0.4 is 0 Å². The smallest absolute Gasteiger partial charge is 0.306 e. The summed E-state index contributed by atoms with van der Waals surface area (Å²) in [6.45, 7) is 5.16. The van der Waals surface area contributed by atoms with Gasteiger partial charge >= 0.3 is 5.97 Å². The molecule has 0 radical (unpaired) electrons. The second kappa shape index (κ2) is 6.10. The number of hydrogen-bond acceptors (Lipinski definition) is 4. The number of carbonyl (C=O) groups is 2. The van der Waals surface area contributed by atoms with Crippen LogP contribution in [0.15, 0.2) is 0 Å². The summed E-state index contributed by atoms with van der Waals surface area (Å²) in [5, 5.41) is 19.6. The van der Waals surface area contributed by atoms with Gasteiger partial charge in [0.2, 0.25) is 5.91 Å². The Hall–Kier alpha value is -1.14. The number of β-amino-alcohol motifs (C(OH)–C–C–N with tert-alkyl or cyclic N) is 1. The fourth-order valence-corrected chi connectivity index (χ4v) is 3.20. The molecule has 2 N–H and O–H groups in total. The fourth-order valence-electron chi connectivity index (χ4n) is 3.20. The maximum atomic E-state index is 11.3. The zero-order valence-electron chi connectivity index (χ0n) is 12.0. The molecule has 0 bridgehead atoms. The number of carbonyl (C=O) groups excluding carboxylic acids is 1. The Morgan fingerprint density at radius 2 is 1.70 bits per heavy atom. The predicted octanol–water partition coefficient (Wildman–Crippen LogP) is 0.156. The number of nitrogens with zero attached hydrogens (tertiary/aromatic N) is 2. The summed E-state index contributed by atoms with van der Waals surface area (Å²) in [6, 6.07) is 0. The van der Waals surface area contributed by atoms with Gasteiger partial charge in [0.15, 0.2) is 0 Å². The maximum absolute atomic E-state index is 11.3. The number of piperazine rings is 1. The first-order chi connectivity index (χ1) is 9.39. The number of aliphatic hydroxyl groups is 1. The van der Waals surface area contributed by atoms with Gasteiger partial charge in [-0.15, -0.1) is 0 Å². The van der Waals surface area contributed by atoms with E-state index in [1.807, 2.05) is 4.90 Å². The molecule has 0 spiro atoms. The Morgan fingerprint density at radius 1 is 1.15 bits per heavy atom. The Balaban J connectivity index is 1.79. The lowest BCUT2D eigenvalue weighted by molar-refractivity contribution is -0.145. The second-order valence-corrected chi connectivity index (χ2v) is 6.12. The topological polar surface area (TPSA) is 81.1 Å². The third-order valence-electron chi connectivity index (χ3n) is 4.60. The molecule has 0 unspecified atom stereocenters. The van der Waals surface area contributed by atoms with Gasteiger partial charge in [-0.2, -0.15) is 0 Å². The van der Waals surface area contributed by atoms with E-state index in [9.17, 15) is 14.7 Å². The molecule has 0 aromatic heterocycles. The summed E-state index contributed by atoms with van der Waals surface area (Å²) >= 11 is 0. The van der Waals surface area contributed by atoms with Gasteiger partial charge in [0, 0.05) is 39.6 Å². The lowest BCUT2D eigenvalue weighted by Crippen LogP contribution is -2.53. The van der Waals surface area contributed by atoms with E-state index in [0.717, 1.165) is 13.1 Å². The average Bonchev–Trinajstić information content (AvgIpc) is 2.39. The molecule has 1 saturated heterocycles. The molecule has 6 nitrogen and oxygen atoms in total. The largest absolute Gasteiger partial charge is 0.481 e. The van der Waals surface area contributed by atoms with Crippen molar-refractivity contribution in [3.8, 4) is 0 Å². The third kappa shape index (κ3) is 3.70. The van der Waals surface area contributed by atoms with Crippen LogP contribution >= 0.6 is 0 Å². The first kappa shape index (κ1) is 15.3. The van der Waals surface area contributed by atoms with Crippen molar-refractivity contribution in [1.29, 1.82) is 0 Å². The first-order valence-corrected chi connectivity index (χ1v) is 7.33. The number of rotatable bonds is 3. The lowest BCUT2D eigenvalue weighted by Gasteiger charge is -2.41. The molecule has 20 heavy (non-hydrogen) atoms. The normalized spacial score (nSPS) is 32.1. The van der Waals surface area contributed by atoms with Crippen LogP contribution in [0, 0.1) is 5.92 Å². The van der Waals surface area contributed by atoms with E-state index >= 15 is 0 Å². The van der Waals surface area contributed by atoms with Crippen molar-refractivity contribution in [1.82, 2.24) is 9.80 Å². The van der Waals surface area contributed by atoms with Crippen molar-refractivity contribution in [2.75, 3.05) is 32.7 Å². The lowest BCUT2D eigenvalue weighted by atomic mass is 9.78. The second-order valence-electron chi connectivity index (χ2n) is 6.12. The molecule has 0 aromatic carbocycles. The molecule has 0 aromatic rings. The minimum Gasteiger partial charge on any atom is -0.481 e. The van der Waals surface area contributed by atoms with Crippen LogP contribution in [-0.4, -0.2) is 70.2 Å². The zero-order valence-corrected chi connectivity index (χ0v) is 12.0. The minimum absolute atomic E-state index is 0.102. The van der Waals surface area contributed by atoms with Crippen molar-refractivity contribution >= 4 is 11.9 Å². The van der Waals surface area contributed by atoms with Gasteiger partial charge in [-0.1, -0.05) is 0 Å². The van der Waals surface area contributed by atoms with E-state index < -0.39 is 11.6 Å². The molecule has 1 aliphatic carbocycles. The summed E-state index contributed by atoms with van der Waals surface area (Å²) in [7, 11) is 0. The monoisotopic (exact) mass is 284 g/mol. The standard InChI is InChI=1S/C14H24N2O4/c1-11(17)16-8-6-15(7-9-16)10-14(20)4-2-12(3-5-14)13(18)19/h12,20H,2-10H2,1H3,(H,18,19). The van der Waals surface area contributed by atoms with E-state index in [0.29, 0.717) is 45.3 Å². The quantitative estimate of drug-likeness (QED) is 0.771. The minimum atomic E-state index is -0.760. The van der Waals surface area contributed by atoms with E-state index in [2.05, 4.69) is 4.90 Å². The van der Waals surface area contributed by atoms with Gasteiger partial charge in [0.25, 0.3) is 0 Å². The molecule has 2 aliphatic rings. The van der Waals surface area contributed by atoms with E-state index in [1.54, 1.807) is 6.92 Å². The van der Waals surface area contributed by atoms with Crippen molar-refractivity contribution < 1.29 is 19.8 Å². The number of amides is 1. The fraction of sp³-hybridized carbons (Fsp3) is 0.857. The number of carboxylic acids is 1. The first-order valence-electron chi connectivity index (χ1n) is 7.33. The molecule has 6 heteroatoms. The number of hydrogen-bond donors (Lipinski definition) is 2. The molecule has 1 amide bonds. The maximum Gasteiger partial charge on any atom is 0.306 e. The molecule has 2 rings (SSSR count). The summed E-state index contributed by atoms with van der Waals surface area (Å²) < 4.78 is 0. The van der Waals surface area contributed by atoms with Gasteiger partial charge in [0.05, 0.1) is 11.5 Å². The summed E-state index contributed by atoms with van der Waals surface area (Å²) in [4.78, 5) is 26.2. The van der Waals surface area contributed by atoms with Crippen molar-refractivity contribution in [3.63, 3.8) is 0 Å². The molecule has 0 atom stereocenters. The van der Waals surface area contributed by atoms with Crippen molar-refractivity contribution in [2.45, 2.75) is 38.2 Å². The van der Waals surface area contributed by atoms with Gasteiger partial charge in [-0.3, -0.25) is 14.5 Å². The Kier molecular flexibility index (Phi) is 4.65. The SMILES string of the molecule is CC(=O)N1CCN(CC2(O)CCC(C(=O)O)CC2)CC1. The third-order valence-corrected chi connectivity index (χ3v) is 4.60. The van der Waals surface area contributed by atoms with Gasteiger partial charge < -0.3 is 15.1 Å². The van der Waals surface area contributed by atoms with Crippen LogP contribution in [0.4, 0.5) is 0 Å². The van der Waals surface area contributed by atoms with Crippen LogP contribution in [0.2, 0.25) is 0 Å². The summed E-state index contributed by atoms with van der Waals surface area (Å²) in [6.07, 6.45) is 2.21. The van der Waals surface area contributed by atoms with Gasteiger partial charge in [-0.25, -0.2) is 0 Å². The van der Waals surface area contributed by atoms with Gasteiger partial charge in [-0.05, 0) is 25.7 Å². The van der Waals surface area contributed by atoms with Crippen molar-refractivity contribution in [2.24, 2.45) is 5.92 Å². The highest BCUT2D eigenvalue weighted by Crippen LogP contribution is 2.33. The molecule has 1 saturated carbocycles. The Bertz CT molecular complexity index is 369. The highest BCUT2D eigenvalue weighted by molar-refractivity contribution is 5.73. The van der Waals surface area contributed by atoms with E-state index in [1.165, 1.54) is 0 Å². The summed E-state index contributed by atoms with van der Waals surface area (Å²) in [5.74, 6) is -0.947.